The Labute approximate surface area is 187 Å². The predicted molar refractivity (Wildman–Crippen MR) is 125 cm³/mol. The van der Waals surface area contributed by atoms with Gasteiger partial charge in [-0.3, -0.25) is 0 Å². The molecule has 8 heteroatoms. The third-order valence-corrected chi connectivity index (χ3v) is 6.81. The van der Waals surface area contributed by atoms with Gasteiger partial charge in [-0.25, -0.2) is 15.0 Å². The van der Waals surface area contributed by atoms with Crippen LogP contribution in [0.15, 0.2) is 49.1 Å². The fraction of sp³-hybridized carbons (Fsp3) is 0.417. The zero-order valence-electron chi connectivity index (χ0n) is 18.1. The first-order chi connectivity index (χ1) is 15.8. The number of imidazole rings is 2. The van der Waals surface area contributed by atoms with Gasteiger partial charge in [0, 0.05) is 68.2 Å². The summed E-state index contributed by atoms with van der Waals surface area (Å²) in [5, 5.41) is 1.12. The summed E-state index contributed by atoms with van der Waals surface area (Å²) in [5.41, 5.74) is 1.01. The molecule has 4 aromatic rings. The molecular formula is C24H28N8. The highest BCUT2D eigenvalue weighted by Gasteiger charge is 2.28. The molecule has 2 N–H and O–H groups in total. The van der Waals surface area contributed by atoms with E-state index >= 15 is 0 Å². The number of para-hydroxylation sites is 1. The lowest BCUT2D eigenvalue weighted by atomic mass is 9.97. The molecule has 2 fully saturated rings. The Bertz CT molecular complexity index is 1170. The normalized spacial score (nSPS) is 21.9. The molecule has 0 amide bonds. The number of fused-ring (bicyclic) bond motifs is 1. The maximum atomic E-state index is 5.16. The number of hydrogen-bond acceptors (Lipinski definition) is 6. The zero-order chi connectivity index (χ0) is 21.3. The highest BCUT2D eigenvalue weighted by molar-refractivity contribution is 5.90. The fourth-order valence-corrected chi connectivity index (χ4v) is 5.21. The third-order valence-electron chi connectivity index (χ3n) is 6.81. The Kier molecular flexibility index (Phi) is 4.97. The van der Waals surface area contributed by atoms with E-state index in [1.54, 1.807) is 0 Å². The van der Waals surface area contributed by atoms with Crippen LogP contribution < -0.4 is 9.80 Å². The van der Waals surface area contributed by atoms with Crippen molar-refractivity contribution in [1.29, 1.82) is 0 Å². The summed E-state index contributed by atoms with van der Waals surface area (Å²) in [6.45, 7) is 3.79. The standard InChI is InChI=1S/C24H28N8/c1-2-8-20-19(7-1)23(31-13-3-5-17(15-31)21-25-9-10-26-21)30-24(29-20)32-14-4-6-18(16-32)22-27-11-12-28-22/h1-2,7-12,17-18H,3-6,13-16H2,(H,25,26)(H,27,28). The third kappa shape index (κ3) is 3.59. The molecule has 32 heavy (non-hydrogen) atoms. The molecule has 5 heterocycles. The first kappa shape index (κ1) is 19.3. The Morgan fingerprint density at radius 3 is 2.12 bits per heavy atom. The topological polar surface area (TPSA) is 89.6 Å². The van der Waals surface area contributed by atoms with Gasteiger partial charge in [-0.05, 0) is 37.8 Å². The molecule has 164 valence electrons. The maximum Gasteiger partial charge on any atom is 0.227 e. The van der Waals surface area contributed by atoms with Crippen LogP contribution in [0.3, 0.4) is 0 Å². The molecule has 2 unspecified atom stereocenters. The van der Waals surface area contributed by atoms with E-state index in [9.17, 15) is 0 Å². The van der Waals surface area contributed by atoms with E-state index < -0.39 is 0 Å². The summed E-state index contributed by atoms with van der Waals surface area (Å²) in [4.78, 5) is 30.5. The van der Waals surface area contributed by atoms with Gasteiger partial charge in [-0.15, -0.1) is 0 Å². The number of nitrogens with zero attached hydrogens (tertiary/aromatic N) is 6. The molecule has 0 aliphatic carbocycles. The molecule has 2 aliphatic heterocycles. The van der Waals surface area contributed by atoms with Crippen LogP contribution in [0.1, 0.15) is 49.2 Å². The van der Waals surface area contributed by atoms with Crippen molar-refractivity contribution in [3.05, 3.63) is 60.7 Å². The van der Waals surface area contributed by atoms with E-state index in [4.69, 9.17) is 9.97 Å². The number of hydrogen-bond donors (Lipinski definition) is 2. The summed E-state index contributed by atoms with van der Waals surface area (Å²) in [5.74, 6) is 4.79. The van der Waals surface area contributed by atoms with E-state index in [1.807, 2.05) is 24.8 Å². The van der Waals surface area contributed by atoms with E-state index in [0.717, 1.165) is 86.2 Å². The van der Waals surface area contributed by atoms with Gasteiger partial charge in [0.25, 0.3) is 0 Å². The number of benzene rings is 1. The average molecular weight is 429 g/mol. The number of aromatic amines is 2. The SMILES string of the molecule is c1ccc2c(N3CCCC(c4ncc[nH]4)C3)nc(N3CCCC(c4ncc[nH]4)C3)nc2c1. The van der Waals surface area contributed by atoms with Crippen molar-refractivity contribution in [2.45, 2.75) is 37.5 Å². The lowest BCUT2D eigenvalue weighted by Gasteiger charge is -2.35. The highest BCUT2D eigenvalue weighted by Crippen LogP contribution is 2.34. The minimum Gasteiger partial charge on any atom is -0.355 e. The van der Waals surface area contributed by atoms with Crippen LogP contribution in [0.25, 0.3) is 10.9 Å². The van der Waals surface area contributed by atoms with Crippen LogP contribution in [0.2, 0.25) is 0 Å². The van der Waals surface area contributed by atoms with Gasteiger partial charge < -0.3 is 19.8 Å². The quantitative estimate of drug-likeness (QED) is 0.513. The lowest BCUT2D eigenvalue weighted by Crippen LogP contribution is -2.38. The lowest BCUT2D eigenvalue weighted by molar-refractivity contribution is 0.484. The Balaban J connectivity index is 1.34. The highest BCUT2D eigenvalue weighted by atomic mass is 15.3. The van der Waals surface area contributed by atoms with E-state index in [1.165, 1.54) is 0 Å². The molecule has 2 saturated heterocycles. The molecule has 0 bridgehead atoms. The summed E-state index contributed by atoms with van der Waals surface area (Å²) < 4.78 is 0. The number of piperidine rings is 2. The van der Waals surface area contributed by atoms with Crippen molar-refractivity contribution in [3.63, 3.8) is 0 Å². The minimum absolute atomic E-state index is 0.385. The van der Waals surface area contributed by atoms with Gasteiger partial charge in [0.15, 0.2) is 0 Å². The largest absolute Gasteiger partial charge is 0.355 e. The molecule has 2 atom stereocenters. The first-order valence-electron chi connectivity index (χ1n) is 11.6. The number of rotatable bonds is 4. The van der Waals surface area contributed by atoms with Crippen molar-refractivity contribution in [3.8, 4) is 0 Å². The van der Waals surface area contributed by atoms with Gasteiger partial charge in [-0.2, -0.15) is 4.98 Å². The van der Waals surface area contributed by atoms with Gasteiger partial charge in [0.2, 0.25) is 5.95 Å². The molecule has 1 aromatic carbocycles. The zero-order valence-corrected chi connectivity index (χ0v) is 18.1. The first-order valence-corrected chi connectivity index (χ1v) is 11.6. The molecule has 2 aliphatic rings. The van der Waals surface area contributed by atoms with Crippen LogP contribution in [0.4, 0.5) is 11.8 Å². The Morgan fingerprint density at radius 2 is 1.44 bits per heavy atom. The van der Waals surface area contributed by atoms with E-state index in [-0.39, 0.29) is 0 Å². The molecule has 6 rings (SSSR count). The van der Waals surface area contributed by atoms with Gasteiger partial charge >= 0.3 is 0 Å². The van der Waals surface area contributed by atoms with Gasteiger partial charge in [0.05, 0.1) is 5.52 Å². The molecule has 3 aromatic heterocycles. The van der Waals surface area contributed by atoms with Crippen molar-refractivity contribution in [2.24, 2.45) is 0 Å². The van der Waals surface area contributed by atoms with Crippen LogP contribution >= 0.6 is 0 Å². The monoisotopic (exact) mass is 428 g/mol. The van der Waals surface area contributed by atoms with Gasteiger partial charge in [-0.1, -0.05) is 12.1 Å². The number of H-pyrrole nitrogens is 2. The predicted octanol–water partition coefficient (Wildman–Crippen LogP) is 3.84. The van der Waals surface area contributed by atoms with E-state index in [0.29, 0.717) is 11.8 Å². The molecule has 0 spiro atoms. The summed E-state index contributed by atoms with van der Waals surface area (Å²) >= 11 is 0. The second kappa shape index (κ2) is 8.26. The molecule has 0 radical (unpaired) electrons. The maximum absolute atomic E-state index is 5.16. The second-order valence-corrected chi connectivity index (χ2v) is 8.88. The second-order valence-electron chi connectivity index (χ2n) is 8.88. The molecule has 8 nitrogen and oxygen atoms in total. The van der Waals surface area contributed by atoms with Crippen molar-refractivity contribution < 1.29 is 0 Å². The van der Waals surface area contributed by atoms with Crippen molar-refractivity contribution in [2.75, 3.05) is 36.0 Å². The van der Waals surface area contributed by atoms with Gasteiger partial charge in [0.1, 0.15) is 17.5 Å². The average Bonchev–Trinajstić information content (AvgIpc) is 3.58. The Hall–Kier alpha value is -3.42. The number of nitrogens with one attached hydrogen (secondary N) is 2. The van der Waals surface area contributed by atoms with Crippen LogP contribution in [0, 0.1) is 0 Å². The number of anilines is 2. The summed E-state index contributed by atoms with van der Waals surface area (Å²) in [6, 6.07) is 8.39. The molecule has 0 saturated carbocycles. The number of aromatic nitrogens is 6. The Morgan fingerprint density at radius 1 is 0.781 bits per heavy atom. The minimum atomic E-state index is 0.385. The van der Waals surface area contributed by atoms with Crippen LogP contribution in [-0.4, -0.2) is 56.1 Å². The summed E-state index contributed by atoms with van der Waals surface area (Å²) in [6.07, 6.45) is 12.0. The molecular weight excluding hydrogens is 400 g/mol. The smallest absolute Gasteiger partial charge is 0.227 e. The van der Waals surface area contributed by atoms with Crippen molar-refractivity contribution in [1.82, 2.24) is 29.9 Å². The summed E-state index contributed by atoms with van der Waals surface area (Å²) in [7, 11) is 0. The fourth-order valence-electron chi connectivity index (χ4n) is 5.21. The van der Waals surface area contributed by atoms with Crippen LogP contribution in [0.5, 0.6) is 0 Å². The van der Waals surface area contributed by atoms with E-state index in [2.05, 4.69) is 54.0 Å². The van der Waals surface area contributed by atoms with Crippen LogP contribution in [-0.2, 0) is 0 Å². The van der Waals surface area contributed by atoms with Crippen molar-refractivity contribution >= 4 is 22.7 Å².